The molecule has 0 spiro atoms. The number of carbonyl (C=O) groups excluding carboxylic acids is 1. The molecule has 6 heteroatoms. The summed E-state index contributed by atoms with van der Waals surface area (Å²) < 4.78 is 5.94. The molecule has 0 radical (unpaired) electrons. The Bertz CT molecular complexity index is 1150. The Morgan fingerprint density at radius 1 is 1.17 bits per heavy atom. The second kappa shape index (κ2) is 10.9. The number of aromatic nitrogens is 2. The first-order valence-electron chi connectivity index (χ1n) is 13.0. The SMILES string of the molecule is CCOC(CNC(C)=O)N1CCC(c2ccc3[nH]c(-c4cc(C)nc(C)c4)c(C(C)C)c3c2)CC1. The van der Waals surface area contributed by atoms with Gasteiger partial charge in [-0.3, -0.25) is 14.7 Å². The first-order chi connectivity index (χ1) is 16.8. The number of hydrogen-bond acceptors (Lipinski definition) is 4. The van der Waals surface area contributed by atoms with Crippen LogP contribution in [-0.2, 0) is 9.53 Å². The summed E-state index contributed by atoms with van der Waals surface area (Å²) in [5.74, 6) is 0.926. The van der Waals surface area contributed by atoms with Crippen LogP contribution in [0.5, 0.6) is 0 Å². The molecular weight excluding hydrogens is 436 g/mol. The summed E-state index contributed by atoms with van der Waals surface area (Å²) in [7, 11) is 0. The van der Waals surface area contributed by atoms with Gasteiger partial charge in [0.15, 0.2) is 0 Å². The number of fused-ring (bicyclic) bond motifs is 1. The lowest BCUT2D eigenvalue weighted by atomic mass is 9.87. The third-order valence-electron chi connectivity index (χ3n) is 7.10. The van der Waals surface area contributed by atoms with Crippen LogP contribution in [0.4, 0.5) is 0 Å². The van der Waals surface area contributed by atoms with Crippen molar-refractivity contribution in [2.24, 2.45) is 0 Å². The maximum Gasteiger partial charge on any atom is 0.217 e. The van der Waals surface area contributed by atoms with Gasteiger partial charge in [-0.1, -0.05) is 19.9 Å². The smallest absolute Gasteiger partial charge is 0.217 e. The van der Waals surface area contributed by atoms with Crippen molar-refractivity contribution in [1.29, 1.82) is 0 Å². The van der Waals surface area contributed by atoms with E-state index in [2.05, 4.69) is 78.2 Å². The Hall–Kier alpha value is -2.70. The molecule has 6 nitrogen and oxygen atoms in total. The lowest BCUT2D eigenvalue weighted by Crippen LogP contribution is -2.48. The molecular formula is C29H40N4O2. The molecule has 0 saturated carbocycles. The van der Waals surface area contributed by atoms with E-state index in [1.165, 1.54) is 33.3 Å². The lowest BCUT2D eigenvalue weighted by molar-refractivity contribution is -0.121. The van der Waals surface area contributed by atoms with Crippen LogP contribution in [0.2, 0.25) is 0 Å². The monoisotopic (exact) mass is 476 g/mol. The Labute approximate surface area is 209 Å². The Morgan fingerprint density at radius 2 is 1.86 bits per heavy atom. The zero-order valence-electron chi connectivity index (χ0n) is 22.1. The van der Waals surface area contributed by atoms with E-state index in [0.29, 0.717) is 25.0 Å². The Balaban J connectivity index is 1.57. The highest BCUT2D eigenvalue weighted by molar-refractivity contribution is 5.92. The molecule has 1 saturated heterocycles. The molecule has 1 amide bonds. The highest BCUT2D eigenvalue weighted by Gasteiger charge is 2.27. The number of pyridine rings is 1. The number of nitrogens with zero attached hydrogens (tertiary/aromatic N) is 2. The zero-order valence-corrected chi connectivity index (χ0v) is 22.1. The predicted molar refractivity (Wildman–Crippen MR) is 143 cm³/mol. The van der Waals surface area contributed by atoms with Gasteiger partial charge in [-0.15, -0.1) is 0 Å². The minimum absolute atomic E-state index is 0.0122. The number of amides is 1. The van der Waals surface area contributed by atoms with Gasteiger partial charge in [0.25, 0.3) is 0 Å². The maximum atomic E-state index is 11.4. The van der Waals surface area contributed by atoms with E-state index in [9.17, 15) is 4.79 Å². The summed E-state index contributed by atoms with van der Waals surface area (Å²) in [6, 6.07) is 11.3. The van der Waals surface area contributed by atoms with Gasteiger partial charge in [0.2, 0.25) is 5.91 Å². The van der Waals surface area contributed by atoms with Crippen LogP contribution in [0.15, 0.2) is 30.3 Å². The van der Waals surface area contributed by atoms with Crippen molar-refractivity contribution < 1.29 is 9.53 Å². The minimum atomic E-state index is -0.0561. The molecule has 1 unspecified atom stereocenters. The summed E-state index contributed by atoms with van der Waals surface area (Å²) in [6.45, 7) is 15.4. The van der Waals surface area contributed by atoms with Crippen LogP contribution in [0, 0.1) is 13.8 Å². The zero-order chi connectivity index (χ0) is 25.1. The van der Waals surface area contributed by atoms with E-state index >= 15 is 0 Å². The fourth-order valence-corrected chi connectivity index (χ4v) is 5.53. The van der Waals surface area contributed by atoms with E-state index in [-0.39, 0.29) is 12.1 Å². The van der Waals surface area contributed by atoms with E-state index in [4.69, 9.17) is 4.74 Å². The standard InChI is InChI=1S/C29H40N4O2/c1-7-35-27(17-30-21(6)34)33-12-10-22(11-13-33)23-8-9-26-25(16-23)28(18(2)3)29(32-26)24-14-19(4)31-20(5)15-24/h8-9,14-16,18,22,27,32H,7,10-13,17H2,1-6H3,(H,30,34). The van der Waals surface area contributed by atoms with Crippen LogP contribution in [0.25, 0.3) is 22.2 Å². The van der Waals surface area contributed by atoms with Crippen molar-refractivity contribution in [3.05, 3.63) is 52.8 Å². The molecule has 1 aliphatic heterocycles. The van der Waals surface area contributed by atoms with Crippen molar-refractivity contribution >= 4 is 16.8 Å². The van der Waals surface area contributed by atoms with Gasteiger partial charge in [-0.2, -0.15) is 0 Å². The highest BCUT2D eigenvalue weighted by Crippen LogP contribution is 2.38. The number of benzene rings is 1. The van der Waals surface area contributed by atoms with E-state index < -0.39 is 0 Å². The largest absolute Gasteiger partial charge is 0.362 e. The average molecular weight is 477 g/mol. The number of aryl methyl sites for hydroxylation is 2. The number of ether oxygens (including phenoxy) is 1. The number of H-pyrrole nitrogens is 1. The number of nitrogens with one attached hydrogen (secondary N) is 2. The predicted octanol–water partition coefficient (Wildman–Crippen LogP) is 5.65. The highest BCUT2D eigenvalue weighted by atomic mass is 16.5. The molecule has 3 heterocycles. The van der Waals surface area contributed by atoms with Gasteiger partial charge in [-0.05, 0) is 80.8 Å². The molecule has 4 rings (SSSR count). The summed E-state index contributed by atoms with van der Waals surface area (Å²) in [6.07, 6.45) is 2.12. The molecule has 1 atom stereocenters. The summed E-state index contributed by atoms with van der Waals surface area (Å²) in [5.41, 5.74) is 8.52. The van der Waals surface area contributed by atoms with Gasteiger partial charge >= 0.3 is 0 Å². The van der Waals surface area contributed by atoms with Crippen LogP contribution in [-0.4, -0.2) is 53.2 Å². The number of likely N-dealkylation sites (tertiary alicyclic amines) is 1. The molecule has 2 N–H and O–H groups in total. The van der Waals surface area contributed by atoms with Gasteiger partial charge in [0, 0.05) is 54.5 Å². The van der Waals surface area contributed by atoms with Gasteiger partial charge < -0.3 is 15.0 Å². The van der Waals surface area contributed by atoms with Crippen molar-refractivity contribution in [3.8, 4) is 11.3 Å². The molecule has 35 heavy (non-hydrogen) atoms. The third kappa shape index (κ3) is 5.76. The molecule has 1 aliphatic rings. The third-order valence-corrected chi connectivity index (χ3v) is 7.10. The molecule has 0 aliphatic carbocycles. The molecule has 1 aromatic carbocycles. The van der Waals surface area contributed by atoms with Crippen molar-refractivity contribution in [3.63, 3.8) is 0 Å². The van der Waals surface area contributed by atoms with Crippen molar-refractivity contribution in [2.75, 3.05) is 26.2 Å². The number of aromatic amines is 1. The second-order valence-corrected chi connectivity index (χ2v) is 10.2. The fraction of sp³-hybridized carbons (Fsp3) is 0.517. The van der Waals surface area contributed by atoms with Crippen molar-refractivity contribution in [2.45, 2.75) is 72.4 Å². The van der Waals surface area contributed by atoms with Gasteiger partial charge in [0.05, 0.1) is 12.2 Å². The van der Waals surface area contributed by atoms with E-state index in [1.54, 1.807) is 6.92 Å². The van der Waals surface area contributed by atoms with Crippen LogP contribution < -0.4 is 5.32 Å². The Kier molecular flexibility index (Phi) is 7.92. The number of piperidine rings is 1. The first kappa shape index (κ1) is 25.4. The van der Waals surface area contributed by atoms with Crippen molar-refractivity contribution in [1.82, 2.24) is 20.2 Å². The molecule has 1 fully saturated rings. The molecule has 0 bridgehead atoms. The molecule has 2 aromatic heterocycles. The van der Waals surface area contributed by atoms with E-state index in [1.807, 2.05) is 6.92 Å². The molecule has 188 valence electrons. The topological polar surface area (TPSA) is 70.2 Å². The summed E-state index contributed by atoms with van der Waals surface area (Å²) >= 11 is 0. The summed E-state index contributed by atoms with van der Waals surface area (Å²) in [5, 5.41) is 4.25. The second-order valence-electron chi connectivity index (χ2n) is 10.2. The lowest BCUT2D eigenvalue weighted by Gasteiger charge is -2.37. The quantitative estimate of drug-likeness (QED) is 0.441. The average Bonchev–Trinajstić information content (AvgIpc) is 3.20. The van der Waals surface area contributed by atoms with Gasteiger partial charge in [0.1, 0.15) is 6.23 Å². The normalized spacial score (nSPS) is 16.2. The maximum absolute atomic E-state index is 11.4. The van der Waals surface area contributed by atoms with Crippen LogP contribution >= 0.6 is 0 Å². The number of hydrogen-bond donors (Lipinski definition) is 2. The van der Waals surface area contributed by atoms with Gasteiger partial charge in [-0.25, -0.2) is 0 Å². The van der Waals surface area contributed by atoms with E-state index in [0.717, 1.165) is 37.3 Å². The fourth-order valence-electron chi connectivity index (χ4n) is 5.53. The first-order valence-corrected chi connectivity index (χ1v) is 13.0. The minimum Gasteiger partial charge on any atom is -0.362 e. The summed E-state index contributed by atoms with van der Waals surface area (Å²) in [4.78, 5) is 22.0. The van der Waals surface area contributed by atoms with Crippen LogP contribution in [0.3, 0.4) is 0 Å². The van der Waals surface area contributed by atoms with Crippen LogP contribution in [0.1, 0.15) is 74.9 Å². The number of carbonyl (C=O) groups is 1. The number of rotatable bonds is 8. The molecule has 3 aromatic rings. The Morgan fingerprint density at radius 3 is 2.46 bits per heavy atom.